The standard InChI is InChI=1S/C30H32N4O8S/c1-40-26-14-19-4-12-25(26)41-18-29(36)32-15-20-2-8-22(9-3-20)42-27-17-34(16-24(27)33-28(35)13-5-19)30(37)21-6-10-23(11-7-21)43(31,38)39/h2-4,6-12,14,24,27H,5,13,15-18H2,1H3,(H,32,36)(H,33,35)(H2,31,38,39)/t24-,27-/m0/s1. The number of carbonyl (C=O) groups excluding carboxylic acids is 3. The summed E-state index contributed by atoms with van der Waals surface area (Å²) in [6, 6.07) is 17.3. The van der Waals surface area contributed by atoms with Gasteiger partial charge in [0.05, 0.1) is 24.6 Å². The van der Waals surface area contributed by atoms with Crippen LogP contribution in [0.2, 0.25) is 0 Å². The molecule has 1 fully saturated rings. The monoisotopic (exact) mass is 608 g/mol. The maximum absolute atomic E-state index is 13.3. The summed E-state index contributed by atoms with van der Waals surface area (Å²) >= 11 is 0. The number of nitrogens with one attached hydrogen (secondary N) is 2. The fraction of sp³-hybridized carbons (Fsp3) is 0.300. The molecule has 43 heavy (non-hydrogen) atoms. The lowest BCUT2D eigenvalue weighted by Gasteiger charge is -2.21. The van der Waals surface area contributed by atoms with E-state index >= 15 is 0 Å². The van der Waals surface area contributed by atoms with Crippen LogP contribution in [0.15, 0.2) is 71.6 Å². The van der Waals surface area contributed by atoms with Gasteiger partial charge in [0.1, 0.15) is 11.9 Å². The number of primary sulfonamides is 1. The Bertz CT molecular complexity index is 1610. The van der Waals surface area contributed by atoms with Crippen molar-refractivity contribution in [2.75, 3.05) is 26.8 Å². The maximum atomic E-state index is 13.3. The molecule has 0 aliphatic carbocycles. The van der Waals surface area contributed by atoms with Crippen LogP contribution >= 0.6 is 0 Å². The van der Waals surface area contributed by atoms with Crippen molar-refractivity contribution < 1.29 is 37.0 Å². The minimum atomic E-state index is -3.90. The molecule has 0 aromatic heterocycles. The van der Waals surface area contributed by atoms with Crippen molar-refractivity contribution in [1.29, 1.82) is 0 Å². The van der Waals surface area contributed by atoms with Crippen molar-refractivity contribution in [2.24, 2.45) is 5.14 Å². The van der Waals surface area contributed by atoms with Crippen LogP contribution in [0, 0.1) is 0 Å². The molecule has 1 saturated heterocycles. The van der Waals surface area contributed by atoms with E-state index in [1.807, 2.05) is 18.2 Å². The van der Waals surface area contributed by atoms with Gasteiger partial charge in [0.15, 0.2) is 18.1 Å². The predicted molar refractivity (Wildman–Crippen MR) is 155 cm³/mol. The zero-order chi connectivity index (χ0) is 30.6. The lowest BCUT2D eigenvalue weighted by atomic mass is 10.1. The second-order valence-corrected chi connectivity index (χ2v) is 11.9. The lowest BCUT2D eigenvalue weighted by molar-refractivity contribution is -0.123. The van der Waals surface area contributed by atoms with E-state index in [1.165, 1.54) is 31.4 Å². The van der Waals surface area contributed by atoms with Gasteiger partial charge in [0.25, 0.3) is 11.8 Å². The predicted octanol–water partition coefficient (Wildman–Crippen LogP) is 1.37. The topological polar surface area (TPSA) is 166 Å². The zero-order valence-electron chi connectivity index (χ0n) is 23.4. The summed E-state index contributed by atoms with van der Waals surface area (Å²) < 4.78 is 40.5. The molecule has 0 saturated carbocycles. The fourth-order valence-corrected chi connectivity index (χ4v) is 5.46. The van der Waals surface area contributed by atoms with Crippen molar-refractivity contribution in [3.8, 4) is 17.2 Å². The maximum Gasteiger partial charge on any atom is 0.258 e. The van der Waals surface area contributed by atoms with Gasteiger partial charge < -0.3 is 29.7 Å². The number of sulfonamides is 1. The molecular formula is C30H32N4O8S. The summed E-state index contributed by atoms with van der Waals surface area (Å²) in [7, 11) is -2.39. The minimum Gasteiger partial charge on any atom is -0.493 e. The van der Waals surface area contributed by atoms with Crippen LogP contribution in [0.4, 0.5) is 0 Å². The van der Waals surface area contributed by atoms with E-state index in [9.17, 15) is 22.8 Å². The highest BCUT2D eigenvalue weighted by molar-refractivity contribution is 7.89. The smallest absolute Gasteiger partial charge is 0.258 e. The van der Waals surface area contributed by atoms with Gasteiger partial charge in [-0.15, -0.1) is 0 Å². The average molecular weight is 609 g/mol. The summed E-state index contributed by atoms with van der Waals surface area (Å²) in [4.78, 5) is 40.2. The Morgan fingerprint density at radius 1 is 0.953 bits per heavy atom. The number of carbonyl (C=O) groups is 3. The lowest BCUT2D eigenvalue weighted by Crippen LogP contribution is -2.45. The summed E-state index contributed by atoms with van der Waals surface area (Å²) in [6.45, 7) is 0.481. The van der Waals surface area contributed by atoms with Crippen molar-refractivity contribution in [3.63, 3.8) is 0 Å². The van der Waals surface area contributed by atoms with E-state index in [2.05, 4.69) is 10.6 Å². The largest absolute Gasteiger partial charge is 0.493 e. The number of nitrogens with zero attached hydrogens (tertiary/aromatic N) is 1. The first-order valence-electron chi connectivity index (χ1n) is 13.6. The number of rotatable bonds is 3. The van der Waals surface area contributed by atoms with E-state index in [0.717, 1.165) is 11.1 Å². The molecule has 5 aliphatic heterocycles. The van der Waals surface area contributed by atoms with Crippen LogP contribution < -0.4 is 30.0 Å². The molecular weight excluding hydrogens is 576 g/mol. The third-order valence-electron chi connectivity index (χ3n) is 7.26. The molecule has 13 heteroatoms. The summed E-state index contributed by atoms with van der Waals surface area (Å²) in [5, 5.41) is 11.0. The second-order valence-electron chi connectivity index (χ2n) is 10.3. The summed E-state index contributed by atoms with van der Waals surface area (Å²) in [5.41, 5.74) is 1.97. The number of amides is 3. The molecule has 5 heterocycles. The molecule has 4 bridgehead atoms. The Morgan fingerprint density at radius 3 is 2.37 bits per heavy atom. The molecule has 226 valence electrons. The molecule has 4 N–H and O–H groups in total. The molecule has 0 spiro atoms. The number of hydrogen-bond acceptors (Lipinski definition) is 8. The number of nitrogens with two attached hydrogens (primary N) is 1. The summed E-state index contributed by atoms with van der Waals surface area (Å²) in [6.07, 6.45) is 0.0400. The quantitative estimate of drug-likeness (QED) is 0.401. The molecule has 2 atom stereocenters. The Kier molecular flexibility index (Phi) is 8.83. The SMILES string of the molecule is COc1cc2ccc1OCC(=O)NCc1ccc(cc1)O[C@H]1CN(C(=O)c3ccc(S(N)(=O)=O)cc3)C[C@@H]1NC(=O)CC2. The Morgan fingerprint density at radius 2 is 1.67 bits per heavy atom. The third kappa shape index (κ3) is 7.43. The highest BCUT2D eigenvalue weighted by Gasteiger charge is 2.38. The van der Waals surface area contributed by atoms with Crippen LogP contribution in [0.5, 0.6) is 17.2 Å². The third-order valence-corrected chi connectivity index (χ3v) is 8.19. The van der Waals surface area contributed by atoms with E-state index in [1.54, 1.807) is 29.2 Å². The zero-order valence-corrected chi connectivity index (χ0v) is 24.3. The van der Waals surface area contributed by atoms with Gasteiger partial charge in [0.2, 0.25) is 15.9 Å². The number of ether oxygens (including phenoxy) is 3. The first-order chi connectivity index (χ1) is 20.6. The highest BCUT2D eigenvalue weighted by Crippen LogP contribution is 2.29. The second kappa shape index (κ2) is 12.7. The van der Waals surface area contributed by atoms with E-state index in [4.69, 9.17) is 19.3 Å². The van der Waals surface area contributed by atoms with Crippen LogP contribution in [0.3, 0.4) is 0 Å². The van der Waals surface area contributed by atoms with Crippen molar-refractivity contribution in [2.45, 2.75) is 36.4 Å². The Labute approximate surface area is 249 Å². The molecule has 0 radical (unpaired) electrons. The molecule has 12 nitrogen and oxygen atoms in total. The molecule has 3 aromatic carbocycles. The Hall–Kier alpha value is -4.62. The normalized spacial score (nSPS) is 19.4. The molecule has 3 amide bonds. The number of methoxy groups -OCH3 is 1. The van der Waals surface area contributed by atoms with E-state index in [-0.39, 0.29) is 60.8 Å². The van der Waals surface area contributed by atoms with Crippen molar-refractivity contribution in [1.82, 2.24) is 15.5 Å². The van der Waals surface area contributed by atoms with Crippen molar-refractivity contribution in [3.05, 3.63) is 83.4 Å². The van der Waals surface area contributed by atoms with Crippen LogP contribution in [0.1, 0.15) is 27.9 Å². The van der Waals surface area contributed by atoms with Gasteiger partial charge in [-0.25, -0.2) is 13.6 Å². The van der Waals surface area contributed by atoms with Crippen LogP contribution in [-0.4, -0.2) is 70.0 Å². The van der Waals surface area contributed by atoms with Gasteiger partial charge in [-0.2, -0.15) is 0 Å². The first-order valence-corrected chi connectivity index (χ1v) is 15.2. The van der Waals surface area contributed by atoms with Gasteiger partial charge in [-0.05, 0) is 66.1 Å². The molecule has 0 unspecified atom stereocenters. The van der Waals surface area contributed by atoms with Gasteiger partial charge in [-0.3, -0.25) is 14.4 Å². The van der Waals surface area contributed by atoms with E-state index in [0.29, 0.717) is 23.7 Å². The molecule has 8 rings (SSSR count). The van der Waals surface area contributed by atoms with Crippen LogP contribution in [0.25, 0.3) is 0 Å². The number of aryl methyl sites for hydroxylation is 1. The van der Waals surface area contributed by atoms with E-state index < -0.39 is 22.2 Å². The number of hydrogen-bond donors (Lipinski definition) is 3. The summed E-state index contributed by atoms with van der Waals surface area (Å²) in [5.74, 6) is 0.556. The number of likely N-dealkylation sites (tertiary alicyclic amines) is 1. The van der Waals surface area contributed by atoms with Gasteiger partial charge in [-0.1, -0.05) is 18.2 Å². The molecule has 3 aromatic rings. The van der Waals surface area contributed by atoms with Crippen molar-refractivity contribution >= 4 is 27.7 Å². The molecule has 5 aliphatic rings. The number of benzene rings is 3. The Balaban J connectivity index is 1.37. The highest BCUT2D eigenvalue weighted by atomic mass is 32.2. The first kappa shape index (κ1) is 29.9. The average Bonchev–Trinajstić information content (AvgIpc) is 3.39. The van der Waals surface area contributed by atoms with Gasteiger partial charge >= 0.3 is 0 Å². The minimum absolute atomic E-state index is 0.0961. The fourth-order valence-electron chi connectivity index (χ4n) is 4.95. The van der Waals surface area contributed by atoms with Crippen LogP contribution in [-0.2, 0) is 32.6 Å². The van der Waals surface area contributed by atoms with Gasteiger partial charge in [0, 0.05) is 25.1 Å².